The molecule has 5 nitrogen and oxygen atoms in total. The number of aryl methyl sites for hydroxylation is 4. The van der Waals surface area contributed by atoms with Gasteiger partial charge in [-0.1, -0.05) is 6.07 Å². The Bertz CT molecular complexity index is 930. The molecule has 0 atom stereocenters. The molecule has 0 spiro atoms. The minimum absolute atomic E-state index is 0.306. The van der Waals surface area contributed by atoms with E-state index in [-0.39, 0.29) is 11.7 Å². The number of carbonyl (C=O) groups excluding carboxylic acids is 1. The molecule has 118 valence electrons. The number of aromatic nitrogens is 3. The number of halogens is 1. The Morgan fingerprint density at radius 3 is 2.65 bits per heavy atom. The number of nitrogens with one attached hydrogen (secondary N) is 1. The molecule has 1 amide bonds. The number of hydrogen-bond donors (Lipinski definition) is 1. The second-order valence-corrected chi connectivity index (χ2v) is 5.64. The third-order valence-corrected chi connectivity index (χ3v) is 3.77. The number of nitrogens with zero attached hydrogens (tertiary/aromatic N) is 3. The summed E-state index contributed by atoms with van der Waals surface area (Å²) in [7, 11) is 1.79. The molecule has 0 fully saturated rings. The molecule has 2 heterocycles. The molecule has 0 radical (unpaired) electrons. The van der Waals surface area contributed by atoms with Gasteiger partial charge in [-0.3, -0.25) is 9.48 Å². The number of rotatable bonds is 2. The predicted molar refractivity (Wildman–Crippen MR) is 87.1 cm³/mol. The van der Waals surface area contributed by atoms with Gasteiger partial charge in [-0.25, -0.2) is 9.37 Å². The summed E-state index contributed by atoms with van der Waals surface area (Å²) < 4.78 is 15.3. The number of benzene rings is 1. The lowest BCUT2D eigenvalue weighted by molar-refractivity contribution is 0.102. The second kappa shape index (κ2) is 5.46. The Balaban J connectivity index is 2.05. The van der Waals surface area contributed by atoms with Gasteiger partial charge in [-0.2, -0.15) is 5.10 Å². The van der Waals surface area contributed by atoms with E-state index < -0.39 is 0 Å². The van der Waals surface area contributed by atoms with Gasteiger partial charge >= 0.3 is 0 Å². The molecule has 23 heavy (non-hydrogen) atoms. The van der Waals surface area contributed by atoms with Crippen LogP contribution in [0.15, 0.2) is 24.3 Å². The lowest BCUT2D eigenvalue weighted by atomic mass is 10.1. The van der Waals surface area contributed by atoms with Gasteiger partial charge in [0.05, 0.1) is 16.6 Å². The van der Waals surface area contributed by atoms with Crippen LogP contribution in [-0.2, 0) is 7.05 Å². The first-order valence-corrected chi connectivity index (χ1v) is 7.25. The molecule has 0 saturated heterocycles. The Labute approximate surface area is 133 Å². The predicted octanol–water partition coefficient (Wildman–Crippen LogP) is 3.28. The molecule has 3 aromatic rings. The standard InChI is InChI=1S/C17H17FN4O/c1-9-5-6-12(8-14(9)18)20-17(23)13-7-10(2)19-16-15(13)11(3)21-22(16)4/h5-8H,1-4H3,(H,20,23). The molecule has 0 aliphatic carbocycles. The van der Waals surface area contributed by atoms with Crippen LogP contribution in [0.25, 0.3) is 11.0 Å². The Kier molecular flexibility index (Phi) is 3.60. The summed E-state index contributed by atoms with van der Waals surface area (Å²) in [6, 6.07) is 6.34. The molecule has 0 saturated carbocycles. The highest BCUT2D eigenvalue weighted by molar-refractivity contribution is 6.12. The van der Waals surface area contributed by atoms with Crippen LogP contribution in [0.3, 0.4) is 0 Å². The van der Waals surface area contributed by atoms with E-state index in [1.165, 1.54) is 6.07 Å². The van der Waals surface area contributed by atoms with Crippen LogP contribution in [0.2, 0.25) is 0 Å². The fourth-order valence-corrected chi connectivity index (χ4v) is 2.62. The monoisotopic (exact) mass is 312 g/mol. The van der Waals surface area contributed by atoms with Gasteiger partial charge < -0.3 is 5.32 Å². The molecule has 0 aliphatic heterocycles. The summed E-state index contributed by atoms with van der Waals surface area (Å²) in [5.74, 6) is -0.656. The molecule has 0 bridgehead atoms. The highest BCUT2D eigenvalue weighted by Gasteiger charge is 2.18. The minimum atomic E-state index is -0.351. The number of hydrogen-bond acceptors (Lipinski definition) is 3. The molecule has 6 heteroatoms. The molecule has 2 aromatic heterocycles. The van der Waals surface area contributed by atoms with E-state index in [0.717, 1.165) is 11.4 Å². The van der Waals surface area contributed by atoms with Crippen LogP contribution in [0.1, 0.15) is 27.3 Å². The molecule has 1 N–H and O–H groups in total. The molecule has 0 unspecified atom stereocenters. The van der Waals surface area contributed by atoms with Gasteiger partial charge in [-0.05, 0) is 44.5 Å². The minimum Gasteiger partial charge on any atom is -0.322 e. The van der Waals surface area contributed by atoms with Crippen molar-refractivity contribution in [1.82, 2.24) is 14.8 Å². The van der Waals surface area contributed by atoms with Gasteiger partial charge in [0, 0.05) is 18.4 Å². The van der Waals surface area contributed by atoms with Crippen molar-refractivity contribution in [2.45, 2.75) is 20.8 Å². The van der Waals surface area contributed by atoms with Crippen molar-refractivity contribution < 1.29 is 9.18 Å². The van der Waals surface area contributed by atoms with E-state index in [9.17, 15) is 9.18 Å². The quantitative estimate of drug-likeness (QED) is 0.790. The largest absolute Gasteiger partial charge is 0.322 e. The van der Waals surface area contributed by atoms with E-state index >= 15 is 0 Å². The maximum absolute atomic E-state index is 13.6. The zero-order chi connectivity index (χ0) is 16.7. The lowest BCUT2D eigenvalue weighted by Crippen LogP contribution is -2.13. The zero-order valence-corrected chi connectivity index (χ0v) is 13.4. The van der Waals surface area contributed by atoms with Gasteiger partial charge in [0.2, 0.25) is 0 Å². The summed E-state index contributed by atoms with van der Waals surface area (Å²) in [6.45, 7) is 5.33. The smallest absolute Gasteiger partial charge is 0.256 e. The first kappa shape index (κ1) is 15.1. The molecule has 1 aromatic carbocycles. The summed E-state index contributed by atoms with van der Waals surface area (Å²) in [4.78, 5) is 17.1. The van der Waals surface area contributed by atoms with Crippen LogP contribution in [0.5, 0.6) is 0 Å². The van der Waals surface area contributed by atoms with Crippen molar-refractivity contribution >= 4 is 22.6 Å². The molecular formula is C17H17FN4O. The third-order valence-electron chi connectivity index (χ3n) is 3.77. The second-order valence-electron chi connectivity index (χ2n) is 5.64. The highest BCUT2D eigenvalue weighted by atomic mass is 19.1. The van der Waals surface area contributed by atoms with E-state index in [1.54, 1.807) is 36.9 Å². The lowest BCUT2D eigenvalue weighted by Gasteiger charge is -2.08. The third kappa shape index (κ3) is 2.67. The Hall–Kier alpha value is -2.76. The first-order chi connectivity index (χ1) is 10.9. The van der Waals surface area contributed by atoms with E-state index in [2.05, 4.69) is 15.4 Å². The summed E-state index contributed by atoms with van der Waals surface area (Å²) >= 11 is 0. The van der Waals surface area contributed by atoms with Crippen LogP contribution < -0.4 is 5.32 Å². The van der Waals surface area contributed by atoms with Crippen molar-refractivity contribution in [3.05, 3.63) is 52.6 Å². The van der Waals surface area contributed by atoms with Gasteiger partial charge in [0.25, 0.3) is 5.91 Å². The van der Waals surface area contributed by atoms with Crippen molar-refractivity contribution in [1.29, 1.82) is 0 Å². The first-order valence-electron chi connectivity index (χ1n) is 7.25. The molecular weight excluding hydrogens is 295 g/mol. The van der Waals surface area contributed by atoms with Crippen molar-refractivity contribution in [3.8, 4) is 0 Å². The number of anilines is 1. The van der Waals surface area contributed by atoms with Crippen LogP contribution in [0.4, 0.5) is 10.1 Å². The van der Waals surface area contributed by atoms with E-state index in [1.807, 2.05) is 13.8 Å². The topological polar surface area (TPSA) is 59.8 Å². The number of pyridine rings is 1. The maximum Gasteiger partial charge on any atom is 0.256 e. The average Bonchev–Trinajstić information content (AvgIpc) is 2.77. The van der Waals surface area contributed by atoms with E-state index in [0.29, 0.717) is 27.8 Å². The van der Waals surface area contributed by atoms with Gasteiger partial charge in [0.1, 0.15) is 5.82 Å². The van der Waals surface area contributed by atoms with E-state index in [4.69, 9.17) is 0 Å². The zero-order valence-electron chi connectivity index (χ0n) is 13.4. The van der Waals surface area contributed by atoms with Crippen LogP contribution in [-0.4, -0.2) is 20.7 Å². The van der Waals surface area contributed by atoms with Gasteiger partial charge in [-0.15, -0.1) is 0 Å². The number of carbonyl (C=O) groups is 1. The van der Waals surface area contributed by atoms with Crippen molar-refractivity contribution in [2.24, 2.45) is 7.05 Å². The fraction of sp³-hybridized carbons (Fsp3) is 0.235. The average molecular weight is 312 g/mol. The van der Waals surface area contributed by atoms with Crippen molar-refractivity contribution in [2.75, 3.05) is 5.32 Å². The summed E-state index contributed by atoms with van der Waals surface area (Å²) in [6.07, 6.45) is 0. The van der Waals surface area contributed by atoms with Crippen LogP contribution in [0, 0.1) is 26.6 Å². The molecule has 0 aliphatic rings. The normalized spacial score (nSPS) is 11.0. The van der Waals surface area contributed by atoms with Gasteiger partial charge in [0.15, 0.2) is 5.65 Å². The molecule has 3 rings (SSSR count). The highest BCUT2D eigenvalue weighted by Crippen LogP contribution is 2.23. The number of amides is 1. The number of fused-ring (bicyclic) bond motifs is 1. The van der Waals surface area contributed by atoms with Crippen LogP contribution >= 0.6 is 0 Å². The van der Waals surface area contributed by atoms with Crippen molar-refractivity contribution in [3.63, 3.8) is 0 Å². The fourth-order valence-electron chi connectivity index (χ4n) is 2.62. The Morgan fingerprint density at radius 2 is 1.96 bits per heavy atom. The Morgan fingerprint density at radius 1 is 1.22 bits per heavy atom. The summed E-state index contributed by atoms with van der Waals surface area (Å²) in [5, 5.41) is 7.77. The SMILES string of the molecule is Cc1cc(C(=O)Nc2ccc(C)c(F)c2)c2c(C)nn(C)c2n1. The summed E-state index contributed by atoms with van der Waals surface area (Å²) in [5.41, 5.74) is 3.55. The maximum atomic E-state index is 13.6.